The summed E-state index contributed by atoms with van der Waals surface area (Å²) >= 11 is 0. The van der Waals surface area contributed by atoms with E-state index >= 15 is 0 Å². The summed E-state index contributed by atoms with van der Waals surface area (Å²) in [6.45, 7) is 3.93. The van der Waals surface area contributed by atoms with Gasteiger partial charge in [-0.05, 0) is 53.6 Å². The third-order valence-corrected chi connectivity index (χ3v) is 6.45. The molecule has 0 spiro atoms. The first kappa shape index (κ1) is 23.4. The van der Waals surface area contributed by atoms with E-state index < -0.39 is 0 Å². The summed E-state index contributed by atoms with van der Waals surface area (Å²) in [5.74, 6) is 1.64. The molecule has 1 saturated heterocycles. The van der Waals surface area contributed by atoms with Gasteiger partial charge in [-0.1, -0.05) is 24.3 Å². The van der Waals surface area contributed by atoms with Crippen LogP contribution in [-0.2, 0) is 4.79 Å². The minimum Gasteiger partial charge on any atom is -0.497 e. The van der Waals surface area contributed by atoms with Crippen LogP contribution in [0.1, 0.15) is 28.8 Å². The number of rotatable bonds is 6. The van der Waals surface area contributed by atoms with E-state index in [2.05, 4.69) is 6.07 Å². The molecule has 0 unspecified atom stereocenters. The Kier molecular flexibility index (Phi) is 6.91. The minimum atomic E-state index is -0.264. The topological polar surface area (TPSA) is 68.3 Å². The molecular weight excluding hydrogens is 432 g/mol. The first-order valence-corrected chi connectivity index (χ1v) is 11.3. The van der Waals surface area contributed by atoms with Gasteiger partial charge in [0.05, 0.1) is 27.2 Å². The molecule has 3 aromatic rings. The van der Waals surface area contributed by atoms with Gasteiger partial charge in [-0.25, -0.2) is 0 Å². The van der Waals surface area contributed by atoms with Crippen LogP contribution in [0.15, 0.2) is 54.6 Å². The minimum absolute atomic E-state index is 0.0751. The lowest BCUT2D eigenvalue weighted by atomic mass is 9.96. The molecule has 1 aliphatic rings. The molecule has 0 saturated carbocycles. The highest BCUT2D eigenvalue weighted by molar-refractivity contribution is 5.95. The van der Waals surface area contributed by atoms with Gasteiger partial charge in [-0.15, -0.1) is 0 Å². The predicted octanol–water partition coefficient (Wildman–Crippen LogP) is 3.95. The first-order valence-electron chi connectivity index (χ1n) is 11.3. The van der Waals surface area contributed by atoms with Crippen molar-refractivity contribution in [1.29, 1.82) is 0 Å². The Bertz CT molecular complexity index is 1200. The second kappa shape index (κ2) is 10.0. The van der Waals surface area contributed by atoms with Crippen LogP contribution >= 0.6 is 0 Å². The molecule has 3 aromatic carbocycles. The van der Waals surface area contributed by atoms with Crippen molar-refractivity contribution in [3.63, 3.8) is 0 Å². The molecule has 0 radical (unpaired) electrons. The largest absolute Gasteiger partial charge is 0.497 e. The van der Waals surface area contributed by atoms with E-state index in [1.165, 1.54) is 0 Å². The number of hydrogen-bond acceptors (Lipinski definition) is 5. The maximum atomic E-state index is 13.2. The SMILES string of the molecule is COc1ccc2cc([C@H](C)C(=O)N3CCN(C(=O)c4ccc(OC)c(OC)c4)CC3)ccc2c1. The van der Waals surface area contributed by atoms with Gasteiger partial charge in [0.1, 0.15) is 5.75 Å². The number of amides is 2. The molecule has 1 atom stereocenters. The van der Waals surface area contributed by atoms with E-state index in [4.69, 9.17) is 14.2 Å². The molecule has 1 aliphatic heterocycles. The van der Waals surface area contributed by atoms with Crippen LogP contribution in [0, 0.1) is 0 Å². The summed E-state index contributed by atoms with van der Waals surface area (Å²) in [5, 5.41) is 2.15. The zero-order valence-electron chi connectivity index (χ0n) is 20.0. The van der Waals surface area contributed by atoms with Gasteiger partial charge in [-0.2, -0.15) is 0 Å². The Hall–Kier alpha value is -3.74. The number of fused-ring (bicyclic) bond motifs is 1. The van der Waals surface area contributed by atoms with Crippen LogP contribution in [0.2, 0.25) is 0 Å². The molecule has 0 bridgehead atoms. The van der Waals surface area contributed by atoms with Crippen molar-refractivity contribution < 1.29 is 23.8 Å². The van der Waals surface area contributed by atoms with E-state index in [0.29, 0.717) is 43.2 Å². The summed E-state index contributed by atoms with van der Waals surface area (Å²) in [4.78, 5) is 29.8. The van der Waals surface area contributed by atoms with Crippen molar-refractivity contribution in [1.82, 2.24) is 9.80 Å². The summed E-state index contributed by atoms with van der Waals surface area (Å²) in [6, 6.07) is 17.2. The summed E-state index contributed by atoms with van der Waals surface area (Å²) in [7, 11) is 4.76. The monoisotopic (exact) mass is 462 g/mol. The zero-order chi connectivity index (χ0) is 24.2. The summed E-state index contributed by atoms with van der Waals surface area (Å²) in [5.41, 5.74) is 1.52. The van der Waals surface area contributed by atoms with Crippen molar-refractivity contribution >= 4 is 22.6 Å². The quantitative estimate of drug-likeness (QED) is 0.555. The molecule has 1 fully saturated rings. The molecule has 7 heteroatoms. The standard InChI is InChI=1S/C27H30N2O5/c1-18(19-5-6-21-16-23(32-2)9-7-20(21)15-19)26(30)28-11-13-29(14-12-28)27(31)22-8-10-24(33-3)25(17-22)34-4/h5-10,15-18H,11-14H2,1-4H3/t18-/m0/s1. The fraction of sp³-hybridized carbons (Fsp3) is 0.333. The summed E-state index contributed by atoms with van der Waals surface area (Å²) < 4.78 is 15.9. The molecular formula is C27H30N2O5. The third kappa shape index (κ3) is 4.64. The van der Waals surface area contributed by atoms with Gasteiger partial charge in [0, 0.05) is 31.7 Å². The predicted molar refractivity (Wildman–Crippen MR) is 131 cm³/mol. The number of carbonyl (C=O) groups excluding carboxylic acids is 2. The normalized spacial score (nSPS) is 14.6. The van der Waals surface area contributed by atoms with Gasteiger partial charge >= 0.3 is 0 Å². The first-order chi connectivity index (χ1) is 16.4. The molecule has 0 aromatic heterocycles. The van der Waals surface area contributed by atoms with Crippen molar-refractivity contribution in [3.05, 3.63) is 65.7 Å². The molecule has 7 nitrogen and oxygen atoms in total. The van der Waals surface area contributed by atoms with E-state index in [1.54, 1.807) is 44.4 Å². The molecule has 0 N–H and O–H groups in total. The van der Waals surface area contributed by atoms with Crippen LogP contribution in [0.25, 0.3) is 10.8 Å². The number of nitrogens with zero attached hydrogens (tertiary/aromatic N) is 2. The van der Waals surface area contributed by atoms with Crippen LogP contribution in [0.3, 0.4) is 0 Å². The van der Waals surface area contributed by atoms with Crippen molar-refractivity contribution in [3.8, 4) is 17.2 Å². The van der Waals surface area contributed by atoms with Crippen LogP contribution < -0.4 is 14.2 Å². The lowest BCUT2D eigenvalue weighted by Gasteiger charge is -2.36. The maximum Gasteiger partial charge on any atom is 0.254 e. The average molecular weight is 463 g/mol. The Balaban J connectivity index is 1.40. The number of benzene rings is 3. The lowest BCUT2D eigenvalue weighted by molar-refractivity contribution is -0.133. The molecule has 34 heavy (non-hydrogen) atoms. The fourth-order valence-corrected chi connectivity index (χ4v) is 4.34. The van der Waals surface area contributed by atoms with Gasteiger partial charge in [0.15, 0.2) is 11.5 Å². The van der Waals surface area contributed by atoms with Crippen molar-refractivity contribution in [2.45, 2.75) is 12.8 Å². The Morgan fingerprint density at radius 3 is 2.06 bits per heavy atom. The zero-order valence-corrected chi connectivity index (χ0v) is 20.0. The van der Waals surface area contributed by atoms with Gasteiger partial charge in [0.25, 0.3) is 5.91 Å². The fourth-order valence-electron chi connectivity index (χ4n) is 4.34. The molecule has 2 amide bonds. The highest BCUT2D eigenvalue weighted by Gasteiger charge is 2.28. The number of hydrogen-bond donors (Lipinski definition) is 0. The second-order valence-corrected chi connectivity index (χ2v) is 8.38. The van der Waals surface area contributed by atoms with Crippen LogP contribution in [0.4, 0.5) is 0 Å². The van der Waals surface area contributed by atoms with Crippen LogP contribution in [0.5, 0.6) is 17.2 Å². The van der Waals surface area contributed by atoms with E-state index in [-0.39, 0.29) is 17.7 Å². The molecule has 0 aliphatic carbocycles. The van der Waals surface area contributed by atoms with Gasteiger partial charge < -0.3 is 24.0 Å². The van der Waals surface area contributed by atoms with Crippen molar-refractivity contribution in [2.24, 2.45) is 0 Å². The van der Waals surface area contributed by atoms with Gasteiger partial charge in [-0.3, -0.25) is 9.59 Å². The number of piperazine rings is 1. The summed E-state index contributed by atoms with van der Waals surface area (Å²) in [6.07, 6.45) is 0. The third-order valence-electron chi connectivity index (χ3n) is 6.45. The molecule has 4 rings (SSSR count). The smallest absolute Gasteiger partial charge is 0.254 e. The maximum absolute atomic E-state index is 13.2. The average Bonchev–Trinajstić information content (AvgIpc) is 2.90. The van der Waals surface area contributed by atoms with E-state index in [0.717, 1.165) is 22.1 Å². The van der Waals surface area contributed by atoms with Gasteiger partial charge in [0.2, 0.25) is 5.91 Å². The Labute approximate surface area is 199 Å². The number of methoxy groups -OCH3 is 3. The Morgan fingerprint density at radius 1 is 0.735 bits per heavy atom. The molecule has 1 heterocycles. The number of ether oxygens (including phenoxy) is 3. The van der Waals surface area contributed by atoms with Crippen molar-refractivity contribution in [2.75, 3.05) is 47.5 Å². The number of carbonyl (C=O) groups is 2. The van der Waals surface area contributed by atoms with E-state index in [1.807, 2.05) is 42.2 Å². The Morgan fingerprint density at radius 2 is 1.38 bits per heavy atom. The van der Waals surface area contributed by atoms with Crippen LogP contribution in [-0.4, -0.2) is 69.1 Å². The second-order valence-electron chi connectivity index (χ2n) is 8.38. The highest BCUT2D eigenvalue weighted by Crippen LogP contribution is 2.29. The highest BCUT2D eigenvalue weighted by atomic mass is 16.5. The lowest BCUT2D eigenvalue weighted by Crippen LogP contribution is -2.51. The molecule has 178 valence electrons. The van der Waals surface area contributed by atoms with E-state index in [9.17, 15) is 9.59 Å².